The Kier molecular flexibility index (Phi) is 4.61. The summed E-state index contributed by atoms with van der Waals surface area (Å²) < 4.78 is 6.52. The first-order valence-electron chi connectivity index (χ1n) is 5.14. The molecular weight excluding hydrogens is 254 g/mol. The van der Waals surface area contributed by atoms with E-state index in [0.29, 0.717) is 12.5 Å². The van der Waals surface area contributed by atoms with Crippen molar-refractivity contribution < 1.29 is 4.74 Å². The fourth-order valence-corrected chi connectivity index (χ4v) is 2.43. The van der Waals surface area contributed by atoms with E-state index < -0.39 is 0 Å². The van der Waals surface area contributed by atoms with Gasteiger partial charge in [0.15, 0.2) is 0 Å². The molecule has 0 saturated heterocycles. The molecule has 0 bridgehead atoms. The van der Waals surface area contributed by atoms with Gasteiger partial charge in [-0.1, -0.05) is 28.9 Å². The molecule has 0 heterocycles. The minimum Gasteiger partial charge on any atom is -0.496 e. The average molecular weight is 272 g/mol. The van der Waals surface area contributed by atoms with Gasteiger partial charge in [0.05, 0.1) is 7.11 Å². The van der Waals surface area contributed by atoms with Gasteiger partial charge in [-0.2, -0.15) is 0 Å². The van der Waals surface area contributed by atoms with Gasteiger partial charge >= 0.3 is 0 Å². The first kappa shape index (κ1) is 12.5. The minimum atomic E-state index is 0.416. The Hall–Kier alpha value is -0.540. The van der Waals surface area contributed by atoms with Crippen molar-refractivity contribution in [3.05, 3.63) is 27.7 Å². The molecule has 0 aliphatic rings. The standard InChI is InChI=1S/C12H18BrNO/c1-8(6-7-14)11-10(15-3)5-4-9(2)12(11)13/h4-5,8H,6-7,14H2,1-3H3. The fraction of sp³-hybridized carbons (Fsp3) is 0.500. The maximum atomic E-state index is 5.59. The third-order valence-electron chi connectivity index (χ3n) is 2.65. The Morgan fingerprint density at radius 1 is 1.47 bits per heavy atom. The predicted octanol–water partition coefficient (Wildman–Crippen LogP) is 3.22. The van der Waals surface area contributed by atoms with Crippen molar-refractivity contribution in [1.29, 1.82) is 0 Å². The summed E-state index contributed by atoms with van der Waals surface area (Å²) in [5.74, 6) is 1.35. The number of halogens is 1. The van der Waals surface area contributed by atoms with Crippen molar-refractivity contribution in [2.24, 2.45) is 5.73 Å². The number of nitrogens with two attached hydrogens (primary N) is 1. The molecule has 0 radical (unpaired) electrons. The summed E-state index contributed by atoms with van der Waals surface area (Å²) in [6.45, 7) is 4.96. The van der Waals surface area contributed by atoms with Crippen LogP contribution in [0.3, 0.4) is 0 Å². The minimum absolute atomic E-state index is 0.416. The monoisotopic (exact) mass is 271 g/mol. The molecule has 1 aromatic rings. The van der Waals surface area contributed by atoms with Crippen LogP contribution in [0.25, 0.3) is 0 Å². The second-order valence-corrected chi connectivity index (χ2v) is 4.58. The molecule has 0 aromatic heterocycles. The number of benzene rings is 1. The Balaban J connectivity index is 3.17. The maximum Gasteiger partial charge on any atom is 0.123 e. The van der Waals surface area contributed by atoms with Gasteiger partial charge in [0.25, 0.3) is 0 Å². The Morgan fingerprint density at radius 3 is 2.67 bits per heavy atom. The molecule has 3 heteroatoms. The SMILES string of the molecule is COc1ccc(C)c(Br)c1C(C)CCN. The Bertz CT molecular complexity index is 339. The van der Waals surface area contributed by atoms with E-state index in [-0.39, 0.29) is 0 Å². The number of aryl methyl sites for hydroxylation is 1. The quantitative estimate of drug-likeness (QED) is 0.913. The summed E-state index contributed by atoms with van der Waals surface area (Å²) in [6, 6.07) is 4.07. The fourth-order valence-electron chi connectivity index (χ4n) is 1.72. The Labute approximate surface area is 99.9 Å². The van der Waals surface area contributed by atoms with Crippen molar-refractivity contribution >= 4 is 15.9 Å². The average Bonchev–Trinajstić information content (AvgIpc) is 2.22. The zero-order chi connectivity index (χ0) is 11.4. The predicted molar refractivity (Wildman–Crippen MR) is 67.5 cm³/mol. The lowest BCUT2D eigenvalue weighted by molar-refractivity contribution is 0.405. The van der Waals surface area contributed by atoms with E-state index in [1.54, 1.807) is 7.11 Å². The van der Waals surface area contributed by atoms with E-state index in [1.807, 2.05) is 6.07 Å². The summed E-state index contributed by atoms with van der Waals surface area (Å²) in [5.41, 5.74) is 8.05. The van der Waals surface area contributed by atoms with Gasteiger partial charge in [-0.3, -0.25) is 0 Å². The summed E-state index contributed by atoms with van der Waals surface area (Å²) in [4.78, 5) is 0. The molecule has 2 N–H and O–H groups in total. The van der Waals surface area contributed by atoms with E-state index in [4.69, 9.17) is 10.5 Å². The molecular formula is C12H18BrNO. The molecule has 2 nitrogen and oxygen atoms in total. The second kappa shape index (κ2) is 5.52. The highest BCUT2D eigenvalue weighted by Gasteiger charge is 2.15. The molecule has 0 spiro atoms. The zero-order valence-electron chi connectivity index (χ0n) is 9.51. The van der Waals surface area contributed by atoms with Crippen LogP contribution in [0.1, 0.15) is 30.4 Å². The number of hydrogen-bond acceptors (Lipinski definition) is 2. The molecule has 0 aliphatic carbocycles. The highest BCUT2D eigenvalue weighted by Crippen LogP contribution is 2.36. The van der Waals surface area contributed by atoms with Crippen molar-refractivity contribution in [3.8, 4) is 5.75 Å². The summed E-state index contributed by atoms with van der Waals surface area (Å²) >= 11 is 3.62. The molecule has 1 rings (SSSR count). The van der Waals surface area contributed by atoms with E-state index in [0.717, 1.165) is 16.6 Å². The highest BCUT2D eigenvalue weighted by atomic mass is 79.9. The lowest BCUT2D eigenvalue weighted by Crippen LogP contribution is -2.07. The van der Waals surface area contributed by atoms with Gasteiger partial charge in [0, 0.05) is 10.0 Å². The van der Waals surface area contributed by atoms with Gasteiger partial charge in [-0.25, -0.2) is 0 Å². The van der Waals surface area contributed by atoms with E-state index in [1.165, 1.54) is 11.1 Å². The molecule has 15 heavy (non-hydrogen) atoms. The topological polar surface area (TPSA) is 35.2 Å². The normalized spacial score (nSPS) is 12.6. The van der Waals surface area contributed by atoms with Gasteiger partial charge in [-0.15, -0.1) is 0 Å². The van der Waals surface area contributed by atoms with Crippen LogP contribution in [0.5, 0.6) is 5.75 Å². The molecule has 0 fully saturated rings. The summed E-state index contributed by atoms with van der Waals surface area (Å²) in [6.07, 6.45) is 0.971. The van der Waals surface area contributed by atoms with Crippen LogP contribution in [-0.4, -0.2) is 13.7 Å². The highest BCUT2D eigenvalue weighted by molar-refractivity contribution is 9.10. The van der Waals surface area contributed by atoms with E-state index in [2.05, 4.69) is 35.8 Å². The Morgan fingerprint density at radius 2 is 2.13 bits per heavy atom. The third kappa shape index (κ3) is 2.73. The number of ether oxygens (including phenoxy) is 1. The summed E-state index contributed by atoms with van der Waals surface area (Å²) in [5, 5.41) is 0. The van der Waals surface area contributed by atoms with Crippen LogP contribution in [-0.2, 0) is 0 Å². The molecule has 0 saturated carbocycles. The van der Waals surface area contributed by atoms with Gasteiger partial charge < -0.3 is 10.5 Å². The van der Waals surface area contributed by atoms with Crippen LogP contribution >= 0.6 is 15.9 Å². The maximum absolute atomic E-state index is 5.59. The van der Waals surface area contributed by atoms with Crippen molar-refractivity contribution in [3.63, 3.8) is 0 Å². The molecule has 1 aromatic carbocycles. The van der Waals surface area contributed by atoms with E-state index in [9.17, 15) is 0 Å². The lowest BCUT2D eigenvalue weighted by Gasteiger charge is -2.18. The molecule has 0 aliphatic heterocycles. The second-order valence-electron chi connectivity index (χ2n) is 3.79. The van der Waals surface area contributed by atoms with Crippen LogP contribution in [0.4, 0.5) is 0 Å². The number of hydrogen-bond donors (Lipinski definition) is 1. The van der Waals surface area contributed by atoms with Gasteiger partial charge in [0.2, 0.25) is 0 Å². The smallest absolute Gasteiger partial charge is 0.123 e. The molecule has 84 valence electrons. The first-order valence-corrected chi connectivity index (χ1v) is 5.94. The van der Waals surface area contributed by atoms with Crippen molar-refractivity contribution in [2.45, 2.75) is 26.2 Å². The lowest BCUT2D eigenvalue weighted by atomic mass is 9.95. The zero-order valence-corrected chi connectivity index (χ0v) is 11.1. The van der Waals surface area contributed by atoms with Gasteiger partial charge in [-0.05, 0) is 37.4 Å². The summed E-state index contributed by atoms with van der Waals surface area (Å²) in [7, 11) is 1.70. The van der Waals surface area contributed by atoms with Crippen molar-refractivity contribution in [1.82, 2.24) is 0 Å². The first-order chi connectivity index (χ1) is 7.11. The number of methoxy groups -OCH3 is 1. The molecule has 0 amide bonds. The van der Waals surface area contributed by atoms with Crippen LogP contribution in [0.15, 0.2) is 16.6 Å². The van der Waals surface area contributed by atoms with Crippen molar-refractivity contribution in [2.75, 3.05) is 13.7 Å². The number of rotatable bonds is 4. The largest absolute Gasteiger partial charge is 0.496 e. The van der Waals surface area contributed by atoms with Crippen LogP contribution in [0, 0.1) is 6.92 Å². The van der Waals surface area contributed by atoms with E-state index >= 15 is 0 Å². The van der Waals surface area contributed by atoms with Crippen LogP contribution in [0.2, 0.25) is 0 Å². The van der Waals surface area contributed by atoms with Gasteiger partial charge in [0.1, 0.15) is 5.75 Å². The van der Waals surface area contributed by atoms with Crippen LogP contribution < -0.4 is 10.5 Å². The molecule has 1 atom stereocenters. The molecule has 1 unspecified atom stereocenters. The third-order valence-corrected chi connectivity index (χ3v) is 3.70.